The lowest BCUT2D eigenvalue weighted by atomic mass is 10.2. The molecule has 0 spiro atoms. The Labute approximate surface area is 93.3 Å². The number of piperazine rings is 1. The van der Waals surface area contributed by atoms with Crippen LogP contribution in [-0.4, -0.2) is 43.4 Å². The maximum atomic E-state index is 10.6. The average Bonchev–Trinajstić information content (AvgIpc) is 2.87. The predicted molar refractivity (Wildman–Crippen MR) is 61.9 cm³/mol. The summed E-state index contributed by atoms with van der Waals surface area (Å²) < 4.78 is 0. The van der Waals surface area contributed by atoms with Crippen LogP contribution in [0.5, 0.6) is 0 Å². The third-order valence-electron chi connectivity index (χ3n) is 3.36. The molecule has 80 valence electrons. The zero-order chi connectivity index (χ0) is 10.3. The lowest BCUT2D eigenvalue weighted by molar-refractivity contribution is 0.112. The molecule has 2 unspecified atom stereocenters. The van der Waals surface area contributed by atoms with Crippen molar-refractivity contribution in [2.24, 2.45) is 0 Å². The van der Waals surface area contributed by atoms with E-state index >= 15 is 0 Å². The minimum Gasteiger partial charge on any atom is -0.358 e. The summed E-state index contributed by atoms with van der Waals surface area (Å²) in [5.74, 6) is 0. The largest absolute Gasteiger partial charge is 0.358 e. The van der Waals surface area contributed by atoms with Crippen LogP contribution in [0.1, 0.15) is 16.1 Å². The molecule has 0 radical (unpaired) electrons. The van der Waals surface area contributed by atoms with Crippen LogP contribution in [-0.2, 0) is 0 Å². The molecule has 1 aromatic rings. The van der Waals surface area contributed by atoms with Gasteiger partial charge in [-0.05, 0) is 18.6 Å². The van der Waals surface area contributed by atoms with Gasteiger partial charge < -0.3 is 4.90 Å². The molecule has 2 fully saturated rings. The fourth-order valence-electron chi connectivity index (χ4n) is 2.55. The first-order valence-electron chi connectivity index (χ1n) is 5.41. The van der Waals surface area contributed by atoms with Crippen LogP contribution in [0, 0.1) is 0 Å². The normalized spacial score (nSPS) is 29.5. The molecule has 2 saturated heterocycles. The first kappa shape index (κ1) is 9.36. The van der Waals surface area contributed by atoms with Crippen molar-refractivity contribution in [2.45, 2.75) is 12.5 Å². The number of anilines is 1. The van der Waals surface area contributed by atoms with Crippen LogP contribution in [0.15, 0.2) is 12.1 Å². The van der Waals surface area contributed by atoms with E-state index in [4.69, 9.17) is 0 Å². The molecule has 2 aliphatic rings. The van der Waals surface area contributed by atoms with E-state index in [1.807, 2.05) is 6.07 Å². The number of rotatable bonds is 2. The van der Waals surface area contributed by atoms with Gasteiger partial charge in [0.2, 0.25) is 0 Å². The van der Waals surface area contributed by atoms with Crippen molar-refractivity contribution in [2.75, 3.05) is 31.1 Å². The second kappa shape index (κ2) is 3.61. The van der Waals surface area contributed by atoms with Crippen molar-refractivity contribution in [1.29, 1.82) is 0 Å². The topological polar surface area (TPSA) is 23.6 Å². The highest BCUT2D eigenvalue weighted by molar-refractivity contribution is 7.17. The fraction of sp³-hybridized carbons (Fsp3) is 0.545. The zero-order valence-electron chi connectivity index (χ0n) is 8.56. The van der Waals surface area contributed by atoms with E-state index in [-0.39, 0.29) is 0 Å². The SMILES string of the molecule is O=Cc1ccc(N2CCN3CCC2C3)s1. The number of hydrogen-bond acceptors (Lipinski definition) is 4. The summed E-state index contributed by atoms with van der Waals surface area (Å²) in [4.78, 5) is 16.5. The van der Waals surface area contributed by atoms with E-state index in [1.165, 1.54) is 31.1 Å². The molecule has 3 nitrogen and oxygen atoms in total. The van der Waals surface area contributed by atoms with Gasteiger partial charge >= 0.3 is 0 Å². The van der Waals surface area contributed by atoms with Crippen molar-refractivity contribution in [3.05, 3.63) is 17.0 Å². The number of carbonyl (C=O) groups is 1. The maximum Gasteiger partial charge on any atom is 0.160 e. The Morgan fingerprint density at radius 2 is 2.27 bits per heavy atom. The summed E-state index contributed by atoms with van der Waals surface area (Å²) in [5.41, 5.74) is 0. The summed E-state index contributed by atoms with van der Waals surface area (Å²) in [6.07, 6.45) is 2.22. The van der Waals surface area contributed by atoms with E-state index in [9.17, 15) is 4.79 Å². The molecule has 3 rings (SSSR count). The van der Waals surface area contributed by atoms with E-state index in [2.05, 4.69) is 15.9 Å². The zero-order valence-corrected chi connectivity index (χ0v) is 9.37. The van der Waals surface area contributed by atoms with Gasteiger partial charge in [0.15, 0.2) is 6.29 Å². The van der Waals surface area contributed by atoms with Gasteiger partial charge in [0.1, 0.15) is 0 Å². The Morgan fingerprint density at radius 1 is 1.33 bits per heavy atom. The van der Waals surface area contributed by atoms with E-state index in [0.717, 1.165) is 17.7 Å². The van der Waals surface area contributed by atoms with Gasteiger partial charge in [-0.3, -0.25) is 9.69 Å². The molecule has 0 N–H and O–H groups in total. The Morgan fingerprint density at radius 3 is 3.07 bits per heavy atom. The molecule has 1 aromatic heterocycles. The number of fused-ring (bicyclic) bond motifs is 2. The Kier molecular flexibility index (Phi) is 2.25. The Bertz CT molecular complexity index is 376. The molecule has 2 atom stereocenters. The van der Waals surface area contributed by atoms with Gasteiger partial charge in [0.05, 0.1) is 9.88 Å². The number of thiophene rings is 1. The summed E-state index contributed by atoms with van der Waals surface area (Å²) in [5, 5.41) is 1.27. The van der Waals surface area contributed by atoms with Gasteiger partial charge in [0.25, 0.3) is 0 Å². The van der Waals surface area contributed by atoms with Crippen LogP contribution in [0.25, 0.3) is 0 Å². The average molecular weight is 222 g/mol. The third kappa shape index (κ3) is 1.58. The molecule has 0 amide bonds. The minimum absolute atomic E-state index is 0.678. The second-order valence-electron chi connectivity index (χ2n) is 4.23. The Balaban J connectivity index is 1.83. The standard InChI is InChI=1S/C11H14N2OS/c14-8-10-1-2-11(15-10)13-6-5-12-4-3-9(13)7-12/h1-2,8-9H,3-7H2. The molecule has 15 heavy (non-hydrogen) atoms. The van der Waals surface area contributed by atoms with Crippen LogP contribution in [0.3, 0.4) is 0 Å². The predicted octanol–water partition coefficient (Wildman–Crippen LogP) is 1.45. The second-order valence-corrected chi connectivity index (χ2v) is 5.32. The highest BCUT2D eigenvalue weighted by Gasteiger charge is 2.32. The number of carbonyl (C=O) groups excluding carboxylic acids is 1. The highest BCUT2D eigenvalue weighted by atomic mass is 32.1. The maximum absolute atomic E-state index is 10.6. The third-order valence-corrected chi connectivity index (χ3v) is 4.40. The van der Waals surface area contributed by atoms with Gasteiger partial charge in [-0.25, -0.2) is 0 Å². The highest BCUT2D eigenvalue weighted by Crippen LogP contribution is 2.31. The van der Waals surface area contributed by atoms with E-state index < -0.39 is 0 Å². The Hall–Kier alpha value is -0.870. The van der Waals surface area contributed by atoms with Gasteiger partial charge in [-0.1, -0.05) is 0 Å². The molecule has 0 saturated carbocycles. The molecular formula is C11H14N2OS. The number of aldehydes is 1. The summed E-state index contributed by atoms with van der Waals surface area (Å²) >= 11 is 1.62. The lowest BCUT2D eigenvalue weighted by Crippen LogP contribution is -2.46. The van der Waals surface area contributed by atoms with Crippen molar-refractivity contribution < 1.29 is 4.79 Å². The van der Waals surface area contributed by atoms with E-state index in [1.54, 1.807) is 11.3 Å². The minimum atomic E-state index is 0.678. The summed E-state index contributed by atoms with van der Waals surface area (Å²) in [7, 11) is 0. The molecule has 4 heteroatoms. The van der Waals surface area contributed by atoms with Crippen LogP contribution < -0.4 is 4.90 Å². The molecule has 0 aromatic carbocycles. The first-order valence-corrected chi connectivity index (χ1v) is 6.22. The van der Waals surface area contributed by atoms with Crippen molar-refractivity contribution in [1.82, 2.24) is 4.90 Å². The molecule has 0 aliphatic carbocycles. The number of nitrogens with zero attached hydrogens (tertiary/aromatic N) is 2. The van der Waals surface area contributed by atoms with Crippen LogP contribution in [0.2, 0.25) is 0 Å². The monoisotopic (exact) mass is 222 g/mol. The van der Waals surface area contributed by atoms with Gasteiger partial charge in [-0.15, -0.1) is 11.3 Å². The van der Waals surface area contributed by atoms with Crippen LogP contribution in [0.4, 0.5) is 5.00 Å². The molecule has 2 aliphatic heterocycles. The van der Waals surface area contributed by atoms with Crippen LogP contribution >= 0.6 is 11.3 Å². The van der Waals surface area contributed by atoms with Crippen molar-refractivity contribution in [3.63, 3.8) is 0 Å². The van der Waals surface area contributed by atoms with Gasteiger partial charge in [-0.2, -0.15) is 0 Å². The number of hydrogen-bond donors (Lipinski definition) is 0. The smallest absolute Gasteiger partial charge is 0.160 e. The van der Waals surface area contributed by atoms with E-state index in [0.29, 0.717) is 6.04 Å². The molecule has 3 heterocycles. The van der Waals surface area contributed by atoms with Crippen molar-refractivity contribution in [3.8, 4) is 0 Å². The fourth-order valence-corrected chi connectivity index (χ4v) is 3.47. The van der Waals surface area contributed by atoms with Crippen molar-refractivity contribution >= 4 is 22.6 Å². The van der Waals surface area contributed by atoms with Gasteiger partial charge in [0, 0.05) is 32.2 Å². The molecular weight excluding hydrogens is 208 g/mol. The first-order chi connectivity index (χ1) is 7.36. The lowest BCUT2D eigenvalue weighted by Gasteiger charge is -2.35. The summed E-state index contributed by atoms with van der Waals surface area (Å²) in [6.45, 7) is 4.73. The molecule has 2 bridgehead atoms. The summed E-state index contributed by atoms with van der Waals surface area (Å²) in [6, 6.07) is 4.69. The quantitative estimate of drug-likeness (QED) is 0.708.